The third-order valence-corrected chi connectivity index (χ3v) is 1.86. The Morgan fingerprint density at radius 1 is 1.58 bits per heavy atom. The largest absolute Gasteiger partial charge is 1.00 e. The zero-order valence-corrected chi connectivity index (χ0v) is 9.80. The summed E-state index contributed by atoms with van der Waals surface area (Å²) in [4.78, 5) is 10.5. The molecule has 0 rings (SSSR count). The van der Waals surface area contributed by atoms with Crippen molar-refractivity contribution in [2.45, 2.75) is 12.8 Å². The van der Waals surface area contributed by atoms with Gasteiger partial charge in [0.2, 0.25) is 0 Å². The Hall–Kier alpha value is 0.320. The quantitative estimate of drug-likeness (QED) is 0.304. The molecular formula is C6H11NaO4S. The summed E-state index contributed by atoms with van der Waals surface area (Å²) in [6, 6.07) is 0. The van der Waals surface area contributed by atoms with Gasteiger partial charge in [0.15, 0.2) is 5.78 Å². The third-order valence-electron chi connectivity index (χ3n) is 1.05. The van der Waals surface area contributed by atoms with Gasteiger partial charge < -0.3 is 1.43 Å². The second-order valence-electron chi connectivity index (χ2n) is 2.06. The van der Waals surface area contributed by atoms with Gasteiger partial charge in [-0.25, -0.2) is 0 Å². The summed E-state index contributed by atoms with van der Waals surface area (Å²) >= 11 is 0. The average Bonchev–Trinajstić information content (AvgIpc) is 1.85. The number of carbonyl (C=O) groups excluding carboxylic acids is 1. The Morgan fingerprint density at radius 3 is 2.42 bits per heavy atom. The molecule has 0 bridgehead atoms. The standard InChI is InChI=1S/C6H10O4S.Na.H/c1-2-6(7)4-3-5-11(8,9)10;;/h2H,1,3-5H2,(H,8,9,10);;/q;+1;-1. The van der Waals surface area contributed by atoms with Gasteiger partial charge in [-0.15, -0.1) is 0 Å². The summed E-state index contributed by atoms with van der Waals surface area (Å²) in [5, 5.41) is 0. The maximum Gasteiger partial charge on any atom is 1.00 e. The van der Waals surface area contributed by atoms with Crippen LogP contribution in [0.5, 0.6) is 0 Å². The van der Waals surface area contributed by atoms with Crippen LogP contribution in [-0.4, -0.2) is 24.5 Å². The van der Waals surface area contributed by atoms with Crippen molar-refractivity contribution in [1.82, 2.24) is 0 Å². The maximum absolute atomic E-state index is 10.5. The molecule has 0 aromatic carbocycles. The molecule has 0 aromatic rings. The number of rotatable bonds is 5. The van der Waals surface area contributed by atoms with E-state index in [4.69, 9.17) is 4.55 Å². The van der Waals surface area contributed by atoms with Crippen LogP contribution in [0, 0.1) is 0 Å². The predicted molar refractivity (Wildman–Crippen MR) is 42.0 cm³/mol. The summed E-state index contributed by atoms with van der Waals surface area (Å²) in [7, 11) is -3.91. The average molecular weight is 202 g/mol. The van der Waals surface area contributed by atoms with Crippen molar-refractivity contribution in [1.29, 1.82) is 0 Å². The van der Waals surface area contributed by atoms with E-state index in [-0.39, 0.29) is 55.4 Å². The van der Waals surface area contributed by atoms with Gasteiger partial charge in [0.05, 0.1) is 5.75 Å². The van der Waals surface area contributed by atoms with Crippen molar-refractivity contribution in [2.24, 2.45) is 0 Å². The van der Waals surface area contributed by atoms with Crippen molar-refractivity contribution >= 4 is 15.9 Å². The molecule has 0 unspecified atom stereocenters. The van der Waals surface area contributed by atoms with Crippen molar-refractivity contribution in [3.05, 3.63) is 12.7 Å². The molecule has 0 radical (unpaired) electrons. The number of hydrogen-bond acceptors (Lipinski definition) is 3. The van der Waals surface area contributed by atoms with Crippen LogP contribution in [0.3, 0.4) is 0 Å². The zero-order valence-electron chi connectivity index (χ0n) is 7.99. The molecule has 0 aromatic heterocycles. The topological polar surface area (TPSA) is 71.4 Å². The minimum Gasteiger partial charge on any atom is -1.00 e. The van der Waals surface area contributed by atoms with Crippen molar-refractivity contribution in [3.63, 3.8) is 0 Å². The van der Waals surface area contributed by atoms with Crippen LogP contribution in [0.25, 0.3) is 0 Å². The normalized spacial score (nSPS) is 10.1. The van der Waals surface area contributed by atoms with E-state index >= 15 is 0 Å². The van der Waals surface area contributed by atoms with Crippen molar-refractivity contribution < 1.29 is 48.7 Å². The van der Waals surface area contributed by atoms with Gasteiger partial charge in [-0.3, -0.25) is 9.35 Å². The van der Waals surface area contributed by atoms with Crippen LogP contribution < -0.4 is 29.6 Å². The zero-order chi connectivity index (χ0) is 8.91. The first kappa shape index (κ1) is 14.8. The molecule has 0 aliphatic heterocycles. The summed E-state index contributed by atoms with van der Waals surface area (Å²) in [5.74, 6) is -0.583. The number of hydrogen-bond donors (Lipinski definition) is 1. The SMILES string of the molecule is C=CC(=O)CCCS(=O)(=O)O.[H-].[Na+]. The molecule has 0 aliphatic carbocycles. The van der Waals surface area contributed by atoms with Crippen molar-refractivity contribution in [3.8, 4) is 0 Å². The number of ketones is 1. The van der Waals surface area contributed by atoms with Gasteiger partial charge in [0, 0.05) is 6.42 Å². The van der Waals surface area contributed by atoms with Gasteiger partial charge in [0.25, 0.3) is 10.1 Å². The van der Waals surface area contributed by atoms with Crippen LogP contribution in [0.4, 0.5) is 0 Å². The van der Waals surface area contributed by atoms with E-state index in [2.05, 4.69) is 6.58 Å². The molecule has 1 N–H and O–H groups in total. The van der Waals surface area contributed by atoms with E-state index in [1.165, 1.54) is 0 Å². The molecular weight excluding hydrogens is 191 g/mol. The molecule has 0 atom stereocenters. The Morgan fingerprint density at radius 2 is 2.08 bits per heavy atom. The minimum atomic E-state index is -3.91. The predicted octanol–water partition coefficient (Wildman–Crippen LogP) is -2.47. The maximum atomic E-state index is 10.5. The molecule has 0 aliphatic rings. The Labute approximate surface area is 95.6 Å². The Bertz CT molecular complexity index is 249. The molecule has 4 nitrogen and oxygen atoms in total. The van der Waals surface area contributed by atoms with Crippen LogP contribution in [-0.2, 0) is 14.9 Å². The van der Waals surface area contributed by atoms with E-state index in [1.54, 1.807) is 0 Å². The second kappa shape index (κ2) is 6.80. The smallest absolute Gasteiger partial charge is 1.00 e. The van der Waals surface area contributed by atoms with E-state index in [9.17, 15) is 13.2 Å². The first-order valence-corrected chi connectivity index (χ1v) is 4.67. The molecule has 66 valence electrons. The Balaban J connectivity index is -0.000000500. The number of allylic oxidation sites excluding steroid dienone is 1. The fourth-order valence-electron chi connectivity index (χ4n) is 0.531. The fraction of sp³-hybridized carbons (Fsp3) is 0.500. The van der Waals surface area contributed by atoms with E-state index in [1.807, 2.05) is 0 Å². The second-order valence-corrected chi connectivity index (χ2v) is 3.63. The van der Waals surface area contributed by atoms with Crippen LogP contribution in [0.1, 0.15) is 14.3 Å². The van der Waals surface area contributed by atoms with Crippen LogP contribution >= 0.6 is 0 Å². The first-order chi connectivity index (χ1) is 4.95. The molecule has 0 spiro atoms. The molecule has 0 amide bonds. The third kappa shape index (κ3) is 10.3. The molecule has 12 heavy (non-hydrogen) atoms. The molecule has 0 fully saturated rings. The molecule has 0 saturated heterocycles. The van der Waals surface area contributed by atoms with E-state index in [0.717, 1.165) is 6.08 Å². The fourth-order valence-corrected chi connectivity index (χ4v) is 1.04. The first-order valence-electron chi connectivity index (χ1n) is 3.06. The van der Waals surface area contributed by atoms with E-state index < -0.39 is 10.1 Å². The monoisotopic (exact) mass is 202 g/mol. The molecule has 6 heteroatoms. The minimum absolute atomic E-state index is 0. The summed E-state index contributed by atoms with van der Waals surface area (Å²) in [6.07, 6.45) is 1.39. The van der Waals surface area contributed by atoms with Crippen molar-refractivity contribution in [2.75, 3.05) is 5.75 Å². The summed E-state index contributed by atoms with van der Waals surface area (Å²) in [5.41, 5.74) is 0. The van der Waals surface area contributed by atoms with Gasteiger partial charge in [-0.2, -0.15) is 8.42 Å². The van der Waals surface area contributed by atoms with Gasteiger partial charge in [-0.05, 0) is 12.5 Å². The van der Waals surface area contributed by atoms with Crippen LogP contribution in [0.2, 0.25) is 0 Å². The molecule has 0 saturated carbocycles. The van der Waals surface area contributed by atoms with Crippen LogP contribution in [0.15, 0.2) is 12.7 Å². The Kier molecular flexibility index (Phi) is 8.39. The van der Waals surface area contributed by atoms with E-state index in [0.29, 0.717) is 0 Å². The number of carbonyl (C=O) groups is 1. The van der Waals surface area contributed by atoms with Gasteiger partial charge >= 0.3 is 29.6 Å². The summed E-state index contributed by atoms with van der Waals surface area (Å²) in [6.45, 7) is 3.21. The molecule has 0 heterocycles. The summed E-state index contributed by atoms with van der Waals surface area (Å²) < 4.78 is 28.5. The van der Waals surface area contributed by atoms with Gasteiger partial charge in [-0.1, -0.05) is 6.58 Å². The van der Waals surface area contributed by atoms with Gasteiger partial charge in [0.1, 0.15) is 0 Å².